The number of halogens is 1. The van der Waals surface area contributed by atoms with Crippen molar-refractivity contribution < 1.29 is 4.79 Å². The first-order valence-corrected chi connectivity index (χ1v) is 10.4. The lowest BCUT2D eigenvalue weighted by Crippen LogP contribution is -2.40. The number of thioether (sulfide) groups is 1. The Hall–Kier alpha value is -0.960. The molecule has 2 N–H and O–H groups in total. The molecular weight excluding hydrogens is 459 g/mol. The summed E-state index contributed by atoms with van der Waals surface area (Å²) >= 11 is 1.85. The number of hydrogen-bond donors (Lipinski definition) is 2. The SMILES string of the molecule is CN=C(NCCCSC)NCC1CC(=O)N(CCc2ccccc2)C1.I. The Kier molecular flexibility index (Phi) is 11.8. The number of amides is 1. The second-order valence-corrected chi connectivity index (χ2v) is 7.36. The zero-order chi connectivity index (χ0) is 17.9. The molecule has 0 saturated carbocycles. The molecule has 26 heavy (non-hydrogen) atoms. The fourth-order valence-corrected chi connectivity index (χ4v) is 3.43. The molecule has 1 aromatic carbocycles. The lowest BCUT2D eigenvalue weighted by Gasteiger charge is -2.18. The van der Waals surface area contributed by atoms with E-state index in [1.54, 1.807) is 7.05 Å². The fourth-order valence-electron chi connectivity index (χ4n) is 3.00. The summed E-state index contributed by atoms with van der Waals surface area (Å²) in [6.07, 6.45) is 4.79. The molecule has 1 aliphatic rings. The summed E-state index contributed by atoms with van der Waals surface area (Å²) in [5, 5.41) is 6.68. The van der Waals surface area contributed by atoms with Gasteiger partial charge in [0.15, 0.2) is 5.96 Å². The highest BCUT2D eigenvalue weighted by Gasteiger charge is 2.29. The summed E-state index contributed by atoms with van der Waals surface area (Å²) in [7, 11) is 1.79. The van der Waals surface area contributed by atoms with Crippen molar-refractivity contribution in [2.24, 2.45) is 10.9 Å². The Morgan fingerprint density at radius 2 is 2.08 bits per heavy atom. The van der Waals surface area contributed by atoms with Crippen LogP contribution in [-0.2, 0) is 11.2 Å². The monoisotopic (exact) mass is 490 g/mol. The third kappa shape index (κ3) is 8.16. The number of guanidine groups is 1. The van der Waals surface area contributed by atoms with Gasteiger partial charge in [-0.2, -0.15) is 11.8 Å². The molecule has 1 heterocycles. The minimum atomic E-state index is 0. The number of aliphatic imine (C=N–C) groups is 1. The second kappa shape index (κ2) is 13.2. The van der Waals surface area contributed by atoms with Crippen LogP contribution in [0.2, 0.25) is 0 Å². The minimum Gasteiger partial charge on any atom is -0.356 e. The zero-order valence-electron chi connectivity index (χ0n) is 15.7. The van der Waals surface area contributed by atoms with Crippen LogP contribution in [0.15, 0.2) is 35.3 Å². The molecule has 146 valence electrons. The molecule has 1 saturated heterocycles. The molecule has 7 heteroatoms. The third-order valence-corrected chi connectivity index (χ3v) is 5.10. The van der Waals surface area contributed by atoms with Gasteiger partial charge in [0.05, 0.1) is 0 Å². The van der Waals surface area contributed by atoms with Crippen molar-refractivity contribution in [3.05, 3.63) is 35.9 Å². The number of carbonyl (C=O) groups excluding carboxylic acids is 1. The molecule has 0 bridgehead atoms. The number of nitrogens with zero attached hydrogens (tertiary/aromatic N) is 2. The molecule has 1 unspecified atom stereocenters. The molecule has 0 aliphatic carbocycles. The highest BCUT2D eigenvalue weighted by Crippen LogP contribution is 2.17. The predicted molar refractivity (Wildman–Crippen MR) is 123 cm³/mol. The average molecular weight is 490 g/mol. The molecule has 1 fully saturated rings. The van der Waals surface area contributed by atoms with Gasteiger partial charge in [0.2, 0.25) is 5.91 Å². The van der Waals surface area contributed by atoms with Gasteiger partial charge in [0, 0.05) is 45.6 Å². The van der Waals surface area contributed by atoms with Gasteiger partial charge in [0.25, 0.3) is 0 Å². The number of hydrogen-bond acceptors (Lipinski definition) is 3. The summed E-state index contributed by atoms with van der Waals surface area (Å²) in [5.74, 6) is 2.60. The molecule has 2 rings (SSSR count). The number of benzene rings is 1. The van der Waals surface area contributed by atoms with E-state index in [4.69, 9.17) is 0 Å². The minimum absolute atomic E-state index is 0. The fraction of sp³-hybridized carbons (Fsp3) is 0.579. The molecule has 1 atom stereocenters. The van der Waals surface area contributed by atoms with Gasteiger partial charge < -0.3 is 15.5 Å². The van der Waals surface area contributed by atoms with Crippen LogP contribution in [0.5, 0.6) is 0 Å². The van der Waals surface area contributed by atoms with Crippen molar-refractivity contribution in [2.75, 3.05) is 45.2 Å². The number of rotatable bonds is 9. The van der Waals surface area contributed by atoms with Crippen molar-refractivity contribution in [1.82, 2.24) is 15.5 Å². The van der Waals surface area contributed by atoms with Gasteiger partial charge >= 0.3 is 0 Å². The largest absolute Gasteiger partial charge is 0.356 e. The Morgan fingerprint density at radius 3 is 2.77 bits per heavy atom. The molecule has 1 aliphatic heterocycles. The van der Waals surface area contributed by atoms with Crippen LogP contribution in [0, 0.1) is 5.92 Å². The molecule has 0 aromatic heterocycles. The lowest BCUT2D eigenvalue weighted by atomic mass is 10.1. The summed E-state index contributed by atoms with van der Waals surface area (Å²) in [5.41, 5.74) is 1.28. The van der Waals surface area contributed by atoms with E-state index < -0.39 is 0 Å². The van der Waals surface area contributed by atoms with Crippen LogP contribution in [0.1, 0.15) is 18.4 Å². The average Bonchev–Trinajstić information content (AvgIpc) is 3.00. The molecule has 0 radical (unpaired) electrons. The Bertz CT molecular complexity index is 556. The van der Waals surface area contributed by atoms with Crippen LogP contribution in [-0.4, -0.2) is 62.0 Å². The van der Waals surface area contributed by atoms with Crippen LogP contribution in [0.3, 0.4) is 0 Å². The van der Waals surface area contributed by atoms with Crippen molar-refractivity contribution in [3.8, 4) is 0 Å². The quantitative estimate of drug-likeness (QED) is 0.242. The lowest BCUT2D eigenvalue weighted by molar-refractivity contribution is -0.127. The molecular formula is C19H31IN4OS. The van der Waals surface area contributed by atoms with Crippen molar-refractivity contribution in [2.45, 2.75) is 19.3 Å². The van der Waals surface area contributed by atoms with E-state index in [2.05, 4.69) is 34.0 Å². The highest BCUT2D eigenvalue weighted by molar-refractivity contribution is 14.0. The third-order valence-electron chi connectivity index (χ3n) is 4.41. The van der Waals surface area contributed by atoms with Gasteiger partial charge in [-0.25, -0.2) is 0 Å². The summed E-state index contributed by atoms with van der Waals surface area (Å²) in [4.78, 5) is 18.5. The Balaban J connectivity index is 0.00000338. The highest BCUT2D eigenvalue weighted by atomic mass is 127. The summed E-state index contributed by atoms with van der Waals surface area (Å²) in [6, 6.07) is 10.4. The first-order valence-electron chi connectivity index (χ1n) is 8.98. The zero-order valence-corrected chi connectivity index (χ0v) is 18.9. The van der Waals surface area contributed by atoms with E-state index in [0.29, 0.717) is 12.3 Å². The molecule has 1 amide bonds. The van der Waals surface area contributed by atoms with E-state index in [1.807, 2.05) is 34.9 Å². The molecule has 1 aromatic rings. The van der Waals surface area contributed by atoms with E-state index in [0.717, 1.165) is 50.7 Å². The van der Waals surface area contributed by atoms with Gasteiger partial charge in [-0.1, -0.05) is 30.3 Å². The van der Waals surface area contributed by atoms with Crippen molar-refractivity contribution in [1.29, 1.82) is 0 Å². The summed E-state index contributed by atoms with van der Waals surface area (Å²) < 4.78 is 0. The molecule has 5 nitrogen and oxygen atoms in total. The van der Waals surface area contributed by atoms with Crippen molar-refractivity contribution >= 4 is 47.6 Å². The maximum atomic E-state index is 12.2. The van der Waals surface area contributed by atoms with Gasteiger partial charge in [-0.05, 0) is 30.4 Å². The van der Waals surface area contributed by atoms with Gasteiger partial charge in [-0.3, -0.25) is 9.79 Å². The normalized spacial score (nSPS) is 17.2. The Morgan fingerprint density at radius 1 is 1.31 bits per heavy atom. The van der Waals surface area contributed by atoms with Crippen LogP contribution in [0.4, 0.5) is 0 Å². The first-order chi connectivity index (χ1) is 12.2. The number of nitrogens with one attached hydrogen (secondary N) is 2. The van der Waals surface area contributed by atoms with E-state index >= 15 is 0 Å². The van der Waals surface area contributed by atoms with Crippen LogP contribution < -0.4 is 10.6 Å². The Labute approximate surface area is 178 Å². The maximum absolute atomic E-state index is 12.2. The van der Waals surface area contributed by atoms with Gasteiger partial charge in [-0.15, -0.1) is 24.0 Å². The number of carbonyl (C=O) groups is 1. The smallest absolute Gasteiger partial charge is 0.223 e. The van der Waals surface area contributed by atoms with Crippen LogP contribution in [0.25, 0.3) is 0 Å². The standard InChI is InChI=1S/C19H30N4OS.HI/c1-20-19(21-10-6-12-25-2)22-14-17-13-18(24)23(15-17)11-9-16-7-4-3-5-8-16;/h3-5,7-8,17H,6,9-15H2,1-2H3,(H2,20,21,22);1H. The topological polar surface area (TPSA) is 56.7 Å². The van der Waals surface area contributed by atoms with E-state index in [1.165, 1.54) is 5.56 Å². The first kappa shape index (κ1) is 23.1. The summed E-state index contributed by atoms with van der Waals surface area (Å²) in [6.45, 7) is 3.35. The van der Waals surface area contributed by atoms with Gasteiger partial charge in [0.1, 0.15) is 0 Å². The maximum Gasteiger partial charge on any atom is 0.223 e. The number of likely N-dealkylation sites (tertiary alicyclic amines) is 1. The predicted octanol–water partition coefficient (Wildman–Crippen LogP) is 2.61. The van der Waals surface area contributed by atoms with Crippen molar-refractivity contribution in [3.63, 3.8) is 0 Å². The van der Waals surface area contributed by atoms with Crippen LogP contribution >= 0.6 is 35.7 Å². The van der Waals surface area contributed by atoms with E-state index in [-0.39, 0.29) is 29.9 Å². The molecule has 0 spiro atoms. The second-order valence-electron chi connectivity index (χ2n) is 6.37. The van der Waals surface area contributed by atoms with E-state index in [9.17, 15) is 4.79 Å².